The topological polar surface area (TPSA) is 0 Å². The van der Waals surface area contributed by atoms with Crippen LogP contribution in [-0.4, -0.2) is 0 Å². The summed E-state index contributed by atoms with van der Waals surface area (Å²) in [4.78, 5) is 0. The number of allylic oxidation sites excluding steroid dienone is 2. The van der Waals surface area contributed by atoms with Gasteiger partial charge in [-0.15, -0.1) is 0 Å². The molecule has 0 aromatic carbocycles. The molecule has 0 atom stereocenters. The maximum Gasteiger partial charge on any atom is -0.0269 e. The first-order valence-corrected chi connectivity index (χ1v) is 44.4. The highest BCUT2D eigenvalue weighted by atomic mass is 14.4. The fourth-order valence-electron chi connectivity index (χ4n) is 16.0. The van der Waals surface area contributed by atoms with Crippen molar-refractivity contribution in [2.45, 2.75) is 555 Å². The van der Waals surface area contributed by atoms with E-state index in [1.807, 2.05) is 0 Å². The van der Waals surface area contributed by atoms with Crippen LogP contribution in [0.3, 0.4) is 0 Å². The highest BCUT2D eigenvalue weighted by molar-refractivity contribution is 4.88. The Morgan fingerprint density at radius 3 is 0.456 bits per heavy atom. The first-order chi connectivity index (χ1) is 44.7. The second-order valence-electron chi connectivity index (χ2n) is 31.3. The Kier molecular flexibility index (Phi) is 80.9. The largest absolute Gasteiger partial charge is 0.0885 e. The predicted octanol–water partition coefficient (Wildman–Crippen LogP) is 34.8. The highest BCUT2D eigenvalue weighted by Crippen LogP contribution is 2.48. The molecule has 0 N–H and O–H groups in total. The smallest absolute Gasteiger partial charge is 0.0269 e. The zero-order valence-electron chi connectivity index (χ0n) is 64.5. The Balaban J connectivity index is 5.95. The van der Waals surface area contributed by atoms with Crippen molar-refractivity contribution in [3.05, 3.63) is 12.2 Å². The van der Waals surface area contributed by atoms with Gasteiger partial charge in [0.05, 0.1) is 0 Å². The molecule has 0 spiro atoms. The highest BCUT2D eigenvalue weighted by Gasteiger charge is 2.36. The molecule has 0 aromatic rings. The summed E-state index contributed by atoms with van der Waals surface area (Å²) in [5.74, 6) is 0.966. The summed E-state index contributed by atoms with van der Waals surface area (Å²) in [5, 5.41) is 0. The second kappa shape index (κ2) is 81.2. The van der Waals surface area contributed by atoms with Gasteiger partial charge in [-0.3, -0.25) is 0 Å². The van der Waals surface area contributed by atoms with Gasteiger partial charge >= 0.3 is 0 Å². The number of rotatable bonds is 83. The van der Waals surface area contributed by atoms with E-state index in [-0.39, 0.29) is 0 Å². The summed E-state index contributed by atoms with van der Waals surface area (Å²) in [6.45, 7) is 11.7. The van der Waals surface area contributed by atoms with Gasteiger partial charge in [-0.05, 0) is 69.1 Å². The van der Waals surface area contributed by atoms with E-state index in [0.717, 1.165) is 5.92 Å². The Morgan fingerprint density at radius 1 is 0.156 bits per heavy atom. The molecule has 0 amide bonds. The Bertz CT molecular complexity index is 1170. The summed E-state index contributed by atoms with van der Waals surface area (Å²) >= 11 is 0. The molecule has 90 heavy (non-hydrogen) atoms. The lowest BCUT2D eigenvalue weighted by atomic mass is 9.62. The molecule has 0 radical (unpaired) electrons. The molecule has 0 aliphatic carbocycles. The van der Waals surface area contributed by atoms with Gasteiger partial charge in [-0.2, -0.15) is 0 Å². The van der Waals surface area contributed by atoms with Gasteiger partial charge in [-0.1, -0.05) is 509 Å². The van der Waals surface area contributed by atoms with Crippen molar-refractivity contribution in [1.82, 2.24) is 0 Å². The van der Waals surface area contributed by atoms with Crippen LogP contribution in [0.1, 0.15) is 555 Å². The summed E-state index contributed by atoms with van der Waals surface area (Å²) in [5.41, 5.74) is 0.591. The van der Waals surface area contributed by atoms with Crippen LogP contribution in [0.5, 0.6) is 0 Å². The van der Waals surface area contributed by atoms with E-state index in [0.29, 0.717) is 5.41 Å². The monoisotopic (exact) mass is 1260 g/mol. The third kappa shape index (κ3) is 70.5. The first kappa shape index (κ1) is 89.7. The van der Waals surface area contributed by atoms with Crippen molar-refractivity contribution < 1.29 is 0 Å². The van der Waals surface area contributed by atoms with Gasteiger partial charge in [0.25, 0.3) is 0 Å². The molecule has 0 unspecified atom stereocenters. The van der Waals surface area contributed by atoms with E-state index in [1.165, 1.54) is 488 Å². The molecule has 0 aliphatic heterocycles. The van der Waals surface area contributed by atoms with Crippen molar-refractivity contribution in [2.75, 3.05) is 0 Å². The third-order valence-electron chi connectivity index (χ3n) is 22.4. The summed E-state index contributed by atoms with van der Waals surface area (Å²) < 4.78 is 0. The van der Waals surface area contributed by atoms with Crippen LogP contribution >= 0.6 is 0 Å². The molecule has 0 saturated carbocycles. The Hall–Kier alpha value is -0.260. The van der Waals surface area contributed by atoms with Crippen LogP contribution in [0.25, 0.3) is 0 Å². The summed E-state index contributed by atoms with van der Waals surface area (Å²) in [7, 11) is 0. The van der Waals surface area contributed by atoms with Crippen LogP contribution in [0.2, 0.25) is 0 Å². The van der Waals surface area contributed by atoms with Gasteiger partial charge < -0.3 is 0 Å². The molecule has 0 aliphatic rings. The minimum Gasteiger partial charge on any atom is -0.0885 e. The minimum atomic E-state index is 0.591. The van der Waals surface area contributed by atoms with Crippen molar-refractivity contribution in [1.29, 1.82) is 0 Å². The van der Waals surface area contributed by atoms with E-state index in [4.69, 9.17) is 0 Å². The van der Waals surface area contributed by atoms with Crippen molar-refractivity contribution >= 4 is 0 Å². The average Bonchev–Trinajstić information content (AvgIpc) is 1.50. The summed E-state index contributed by atoms with van der Waals surface area (Å²) in [6, 6.07) is 0. The number of hydrogen-bond donors (Lipinski definition) is 0. The predicted molar refractivity (Wildman–Crippen MR) is 417 cm³/mol. The van der Waals surface area contributed by atoms with Gasteiger partial charge in [0, 0.05) is 0 Å². The van der Waals surface area contributed by atoms with Gasteiger partial charge in [-0.25, -0.2) is 0 Å². The number of hydrogen-bond acceptors (Lipinski definition) is 0. The van der Waals surface area contributed by atoms with E-state index < -0.39 is 0 Å². The Morgan fingerprint density at radius 2 is 0.289 bits per heavy atom. The fraction of sp³-hybridized carbons (Fsp3) is 0.978. The maximum atomic E-state index is 2.57. The molecule has 0 rings (SSSR count). The van der Waals surface area contributed by atoms with Crippen molar-refractivity contribution in [3.63, 3.8) is 0 Å². The molecule has 0 heteroatoms. The molecule has 0 fully saturated rings. The molecule has 0 nitrogen and oxygen atoms in total. The fourth-order valence-corrected chi connectivity index (χ4v) is 16.0. The molecule has 0 bridgehead atoms. The normalized spacial score (nSPS) is 12.2. The summed E-state index contributed by atoms with van der Waals surface area (Å²) in [6.07, 6.45) is 125. The van der Waals surface area contributed by atoms with Crippen LogP contribution in [0, 0.1) is 11.3 Å². The lowest BCUT2D eigenvalue weighted by molar-refractivity contribution is 0.0813. The lowest BCUT2D eigenvalue weighted by Gasteiger charge is -2.43. The standard InChI is InChI=1S/C90H180/c1-6-11-16-21-26-31-36-41-46-50-54-59-64-69-74-79-84-89(85-80-75-70-65-60-55-51-47-42-37-32-27-22-17-12-7-2)90(86-81-76-71-66-61-56-45-40-35-30-25-20-15-10-5,87-82-77-72-67-62-57-52-48-43-38-33-28-23-18-13-8-3)88-83-78-73-68-63-58-53-49-44-39-34-29-24-19-14-9-4/h45,56,89H,6-44,46-55,57-88H2,1-5H3/b56-45-. The lowest BCUT2D eigenvalue weighted by Crippen LogP contribution is -2.32. The van der Waals surface area contributed by atoms with Crippen molar-refractivity contribution in [3.8, 4) is 0 Å². The second-order valence-corrected chi connectivity index (χ2v) is 31.3. The van der Waals surface area contributed by atoms with Gasteiger partial charge in [0.1, 0.15) is 0 Å². The van der Waals surface area contributed by atoms with Crippen LogP contribution in [0.15, 0.2) is 12.2 Å². The molecule has 0 aromatic heterocycles. The quantitative estimate of drug-likeness (QED) is 0.0421. The van der Waals surface area contributed by atoms with Gasteiger partial charge in [0.2, 0.25) is 0 Å². The molecule has 0 saturated heterocycles. The number of unbranched alkanes of at least 4 members (excludes halogenated alkanes) is 70. The maximum absolute atomic E-state index is 2.57. The zero-order valence-corrected chi connectivity index (χ0v) is 64.5. The minimum absolute atomic E-state index is 0.591. The van der Waals surface area contributed by atoms with Crippen LogP contribution in [-0.2, 0) is 0 Å². The van der Waals surface area contributed by atoms with Crippen molar-refractivity contribution in [2.24, 2.45) is 11.3 Å². The van der Waals surface area contributed by atoms with Crippen LogP contribution < -0.4 is 0 Å². The van der Waals surface area contributed by atoms with Gasteiger partial charge in [0.15, 0.2) is 0 Å². The van der Waals surface area contributed by atoms with E-state index in [2.05, 4.69) is 46.8 Å². The van der Waals surface area contributed by atoms with E-state index in [1.54, 1.807) is 32.1 Å². The zero-order chi connectivity index (χ0) is 64.8. The molecule has 0 heterocycles. The average molecular weight is 1260 g/mol. The molecule has 540 valence electrons. The Labute approximate surface area is 575 Å². The van der Waals surface area contributed by atoms with E-state index >= 15 is 0 Å². The first-order valence-electron chi connectivity index (χ1n) is 44.4. The van der Waals surface area contributed by atoms with E-state index in [9.17, 15) is 0 Å². The van der Waals surface area contributed by atoms with Crippen LogP contribution in [0.4, 0.5) is 0 Å². The SMILES string of the molecule is CCCCCCCC/C=C\CCCCCCC(CCCCCCCCCCCCCCCCCC)(CCCCCCCCCCCCCCCCCC)C(CCCCCCCCCCCCCCCCCC)CCCCCCCCCCCCCCCCCC. The molecular formula is C90H180. The third-order valence-corrected chi connectivity index (χ3v) is 22.4. The molecular weight excluding hydrogens is 1080 g/mol.